The Morgan fingerprint density at radius 2 is 1.62 bits per heavy atom. The van der Waals surface area contributed by atoms with Gasteiger partial charge in [0.25, 0.3) is 0 Å². The first-order valence-electron chi connectivity index (χ1n) is 5.13. The van der Waals surface area contributed by atoms with E-state index in [9.17, 15) is 0 Å². The summed E-state index contributed by atoms with van der Waals surface area (Å²) in [5.74, 6) is 0. The summed E-state index contributed by atoms with van der Waals surface area (Å²) in [6.45, 7) is 5.96. The Hall–Kier alpha value is 0.960. The standard InChI is InChI=1S/C11H23O.Na/c1-4-5-6-7-8-9-10-11(2)12-3;/h11H,1,4-10H2,2-3H3;/q-1;+1. The first kappa shape index (κ1) is 16.4. The second-order valence-electron chi connectivity index (χ2n) is 3.46. The number of hydrogen-bond acceptors (Lipinski definition) is 1. The second kappa shape index (κ2) is 13.0. The third kappa shape index (κ3) is 13.0. The molecule has 0 aromatic rings. The van der Waals surface area contributed by atoms with Crippen molar-refractivity contribution < 1.29 is 34.3 Å². The van der Waals surface area contributed by atoms with Crippen LogP contribution in [0.3, 0.4) is 0 Å². The smallest absolute Gasteiger partial charge is 0.382 e. The fourth-order valence-electron chi connectivity index (χ4n) is 1.26. The van der Waals surface area contributed by atoms with E-state index in [1.807, 2.05) is 0 Å². The minimum Gasteiger partial charge on any atom is -0.382 e. The van der Waals surface area contributed by atoms with E-state index in [4.69, 9.17) is 4.74 Å². The van der Waals surface area contributed by atoms with Crippen molar-refractivity contribution in [3.05, 3.63) is 6.92 Å². The summed E-state index contributed by atoms with van der Waals surface area (Å²) in [6, 6.07) is 0. The number of unbranched alkanes of at least 4 members (excludes halogenated alkanes) is 5. The topological polar surface area (TPSA) is 9.23 Å². The van der Waals surface area contributed by atoms with Gasteiger partial charge in [0.15, 0.2) is 0 Å². The maximum atomic E-state index is 5.17. The molecular weight excluding hydrogens is 171 g/mol. The van der Waals surface area contributed by atoms with Gasteiger partial charge in [-0.05, 0) is 13.3 Å². The Labute approximate surface area is 106 Å². The quantitative estimate of drug-likeness (QED) is 0.312. The van der Waals surface area contributed by atoms with Crippen LogP contribution in [0, 0.1) is 6.92 Å². The fraction of sp³-hybridized carbons (Fsp3) is 0.909. The van der Waals surface area contributed by atoms with Crippen LogP contribution in [0.15, 0.2) is 0 Å². The van der Waals surface area contributed by atoms with Crippen molar-refractivity contribution in [2.24, 2.45) is 0 Å². The van der Waals surface area contributed by atoms with E-state index >= 15 is 0 Å². The van der Waals surface area contributed by atoms with E-state index in [-0.39, 0.29) is 29.6 Å². The Morgan fingerprint density at radius 3 is 2.15 bits per heavy atom. The van der Waals surface area contributed by atoms with E-state index in [2.05, 4.69) is 13.8 Å². The van der Waals surface area contributed by atoms with Crippen molar-refractivity contribution in [3.8, 4) is 0 Å². The van der Waals surface area contributed by atoms with E-state index in [0.717, 1.165) is 6.42 Å². The van der Waals surface area contributed by atoms with E-state index < -0.39 is 0 Å². The average Bonchev–Trinajstić information content (AvgIpc) is 2.10. The van der Waals surface area contributed by atoms with Crippen molar-refractivity contribution in [2.75, 3.05) is 7.11 Å². The van der Waals surface area contributed by atoms with Gasteiger partial charge < -0.3 is 11.7 Å². The van der Waals surface area contributed by atoms with Crippen LogP contribution in [0.2, 0.25) is 0 Å². The number of hydrogen-bond donors (Lipinski definition) is 0. The third-order valence-corrected chi connectivity index (χ3v) is 2.26. The average molecular weight is 194 g/mol. The molecule has 0 aliphatic carbocycles. The normalized spacial score (nSPS) is 12.2. The van der Waals surface area contributed by atoms with E-state index in [1.54, 1.807) is 7.11 Å². The molecule has 1 atom stereocenters. The van der Waals surface area contributed by atoms with Gasteiger partial charge in [-0.15, -0.1) is 0 Å². The molecule has 0 spiro atoms. The van der Waals surface area contributed by atoms with Gasteiger partial charge in [0, 0.05) is 7.11 Å². The molecule has 1 nitrogen and oxygen atoms in total. The molecule has 74 valence electrons. The van der Waals surface area contributed by atoms with Crippen LogP contribution in [0.4, 0.5) is 0 Å². The molecule has 13 heavy (non-hydrogen) atoms. The minimum atomic E-state index is 0. The van der Waals surface area contributed by atoms with Gasteiger partial charge in [-0.1, -0.05) is 32.1 Å². The molecular formula is C11H23NaO. The molecule has 0 saturated carbocycles. The van der Waals surface area contributed by atoms with Crippen LogP contribution >= 0.6 is 0 Å². The predicted molar refractivity (Wildman–Crippen MR) is 54.1 cm³/mol. The molecule has 0 heterocycles. The molecule has 2 heteroatoms. The predicted octanol–water partition coefficient (Wildman–Crippen LogP) is 0.590. The largest absolute Gasteiger partial charge is 1.00 e. The molecule has 0 radical (unpaired) electrons. The Kier molecular flexibility index (Phi) is 16.3. The number of ether oxygens (including phenoxy) is 1. The van der Waals surface area contributed by atoms with Crippen molar-refractivity contribution in [1.82, 2.24) is 0 Å². The van der Waals surface area contributed by atoms with Gasteiger partial charge in [0.2, 0.25) is 0 Å². The molecule has 0 aliphatic heterocycles. The first-order valence-corrected chi connectivity index (χ1v) is 5.13. The molecule has 0 bridgehead atoms. The molecule has 0 amide bonds. The Balaban J connectivity index is 0. The summed E-state index contributed by atoms with van der Waals surface area (Å²) in [7, 11) is 1.79. The number of rotatable bonds is 8. The molecule has 0 N–H and O–H groups in total. The summed E-state index contributed by atoms with van der Waals surface area (Å²) in [5.41, 5.74) is 0. The van der Waals surface area contributed by atoms with Crippen LogP contribution in [0.1, 0.15) is 51.9 Å². The monoisotopic (exact) mass is 194 g/mol. The van der Waals surface area contributed by atoms with Gasteiger partial charge in [-0.3, -0.25) is 0 Å². The summed E-state index contributed by atoms with van der Waals surface area (Å²) in [6.07, 6.45) is 9.42. The van der Waals surface area contributed by atoms with Crippen molar-refractivity contribution in [3.63, 3.8) is 0 Å². The zero-order valence-corrected chi connectivity index (χ0v) is 11.6. The maximum absolute atomic E-state index is 5.17. The van der Waals surface area contributed by atoms with Crippen LogP contribution in [-0.2, 0) is 4.74 Å². The van der Waals surface area contributed by atoms with Crippen molar-refractivity contribution in [1.29, 1.82) is 0 Å². The number of methoxy groups -OCH3 is 1. The Bertz CT molecular complexity index is 86.2. The molecule has 0 aliphatic rings. The molecule has 0 fully saturated rings. The molecule has 0 rings (SSSR count). The molecule has 0 saturated heterocycles. The SMILES string of the molecule is [CH2-]CCCCCCCC(C)OC.[Na+]. The van der Waals surface area contributed by atoms with Gasteiger partial charge >= 0.3 is 29.6 Å². The summed E-state index contributed by atoms with van der Waals surface area (Å²) in [4.78, 5) is 0. The maximum Gasteiger partial charge on any atom is 1.00 e. The molecule has 1 unspecified atom stereocenters. The molecule has 0 aromatic heterocycles. The van der Waals surface area contributed by atoms with Crippen LogP contribution < -0.4 is 29.6 Å². The van der Waals surface area contributed by atoms with Gasteiger partial charge in [-0.25, -0.2) is 0 Å². The summed E-state index contributed by atoms with van der Waals surface area (Å²) in [5, 5.41) is 0. The third-order valence-electron chi connectivity index (χ3n) is 2.26. The summed E-state index contributed by atoms with van der Waals surface area (Å²) < 4.78 is 5.17. The van der Waals surface area contributed by atoms with E-state index in [0.29, 0.717) is 6.10 Å². The fourth-order valence-corrected chi connectivity index (χ4v) is 1.26. The van der Waals surface area contributed by atoms with E-state index in [1.165, 1.54) is 38.5 Å². The van der Waals surface area contributed by atoms with Crippen LogP contribution in [0.25, 0.3) is 0 Å². The second-order valence-corrected chi connectivity index (χ2v) is 3.46. The zero-order valence-electron chi connectivity index (χ0n) is 9.64. The van der Waals surface area contributed by atoms with Gasteiger partial charge in [-0.2, -0.15) is 6.42 Å². The molecule has 0 aromatic carbocycles. The minimum absolute atomic E-state index is 0. The van der Waals surface area contributed by atoms with Crippen molar-refractivity contribution >= 4 is 0 Å². The van der Waals surface area contributed by atoms with Crippen LogP contribution in [-0.4, -0.2) is 13.2 Å². The van der Waals surface area contributed by atoms with Crippen molar-refractivity contribution in [2.45, 2.75) is 58.0 Å². The Morgan fingerprint density at radius 1 is 1.08 bits per heavy atom. The van der Waals surface area contributed by atoms with Crippen LogP contribution in [0.5, 0.6) is 0 Å². The zero-order chi connectivity index (χ0) is 9.23. The van der Waals surface area contributed by atoms with Gasteiger partial charge in [0.05, 0.1) is 6.10 Å². The van der Waals surface area contributed by atoms with Gasteiger partial charge in [0.1, 0.15) is 0 Å². The first-order chi connectivity index (χ1) is 5.81. The summed E-state index contributed by atoms with van der Waals surface area (Å²) >= 11 is 0.